The molecule has 1 saturated heterocycles. The van der Waals surface area contributed by atoms with Gasteiger partial charge in [0.05, 0.1) is 6.61 Å². The fourth-order valence-corrected chi connectivity index (χ4v) is 7.07. The summed E-state index contributed by atoms with van der Waals surface area (Å²) in [5, 5.41) is 0. The van der Waals surface area contributed by atoms with E-state index in [9.17, 15) is 0 Å². The van der Waals surface area contributed by atoms with Crippen molar-refractivity contribution in [1.82, 2.24) is 4.67 Å². The molecule has 4 aromatic carbocycles. The van der Waals surface area contributed by atoms with Crippen LogP contribution in [0.3, 0.4) is 0 Å². The van der Waals surface area contributed by atoms with Gasteiger partial charge in [0.25, 0.3) is 8.53 Å². The lowest BCUT2D eigenvalue weighted by atomic mass is 9.76. The van der Waals surface area contributed by atoms with Crippen LogP contribution in [-0.2, 0) is 14.6 Å². The highest BCUT2D eigenvalue weighted by atomic mass is 31.2. The second-order valence-corrected chi connectivity index (χ2v) is 9.86. The zero-order valence-electron chi connectivity index (χ0n) is 19.6. The Balaban J connectivity index is 1.79. The molecule has 4 heteroatoms. The molecular formula is C30H30NO2P. The highest BCUT2D eigenvalue weighted by molar-refractivity contribution is 7.45. The summed E-state index contributed by atoms with van der Waals surface area (Å²) >= 11 is 0. The molecule has 1 fully saturated rings. The van der Waals surface area contributed by atoms with Gasteiger partial charge < -0.3 is 9.05 Å². The van der Waals surface area contributed by atoms with E-state index in [0.29, 0.717) is 6.61 Å². The van der Waals surface area contributed by atoms with Crippen LogP contribution in [0.4, 0.5) is 0 Å². The topological polar surface area (TPSA) is 21.7 Å². The Kier molecular flexibility index (Phi) is 6.89. The first-order valence-corrected chi connectivity index (χ1v) is 13.0. The number of nitrogens with zero attached hydrogens (tertiary/aromatic N) is 1. The average molecular weight is 468 g/mol. The third kappa shape index (κ3) is 4.00. The van der Waals surface area contributed by atoms with E-state index in [-0.39, 0.29) is 12.1 Å². The summed E-state index contributed by atoms with van der Waals surface area (Å²) in [5.41, 5.74) is 4.19. The van der Waals surface area contributed by atoms with Gasteiger partial charge in [0.2, 0.25) is 0 Å². The van der Waals surface area contributed by atoms with E-state index in [0.717, 1.165) is 0 Å². The van der Waals surface area contributed by atoms with E-state index >= 15 is 0 Å². The van der Waals surface area contributed by atoms with E-state index < -0.39 is 14.1 Å². The molecule has 0 N–H and O–H groups in total. The summed E-state index contributed by atoms with van der Waals surface area (Å²) in [5.74, 6) is 0. The molecule has 34 heavy (non-hydrogen) atoms. The first-order valence-electron chi connectivity index (χ1n) is 11.9. The second kappa shape index (κ2) is 10.2. The SMILES string of the molecule is CCOP1O[C@H](c2ccccc2)[C@H](C)N1C(c1ccccc1)(c1ccccc1)c1ccccc1. The molecule has 3 nitrogen and oxygen atoms in total. The third-order valence-corrected chi connectivity index (χ3v) is 8.39. The third-order valence-electron chi connectivity index (χ3n) is 6.49. The van der Waals surface area contributed by atoms with Gasteiger partial charge >= 0.3 is 0 Å². The Hall–Kier alpha value is -2.81. The fraction of sp³-hybridized carbons (Fsp3) is 0.200. The Morgan fingerprint density at radius 2 is 1.12 bits per heavy atom. The minimum absolute atomic E-state index is 0.0701. The van der Waals surface area contributed by atoms with Crippen molar-refractivity contribution >= 4 is 8.53 Å². The Morgan fingerprint density at radius 1 is 0.706 bits per heavy atom. The molecule has 1 aliphatic rings. The van der Waals surface area contributed by atoms with E-state index in [1.807, 2.05) is 6.92 Å². The van der Waals surface area contributed by atoms with Crippen molar-refractivity contribution in [2.45, 2.75) is 31.5 Å². The summed E-state index contributed by atoms with van der Waals surface area (Å²) in [6.45, 7) is 4.90. The minimum atomic E-state index is -1.34. The van der Waals surface area contributed by atoms with Crippen LogP contribution >= 0.6 is 8.53 Å². The van der Waals surface area contributed by atoms with Crippen LogP contribution in [0.5, 0.6) is 0 Å². The molecule has 1 aliphatic heterocycles. The van der Waals surface area contributed by atoms with Crippen LogP contribution in [0, 0.1) is 0 Å². The first kappa shape index (κ1) is 23.0. The van der Waals surface area contributed by atoms with Crippen LogP contribution in [0.25, 0.3) is 0 Å². The molecule has 172 valence electrons. The van der Waals surface area contributed by atoms with Crippen molar-refractivity contribution in [3.63, 3.8) is 0 Å². The summed E-state index contributed by atoms with van der Waals surface area (Å²) in [6.07, 6.45) is -0.0885. The van der Waals surface area contributed by atoms with Gasteiger partial charge in [-0.3, -0.25) is 0 Å². The van der Waals surface area contributed by atoms with Crippen molar-refractivity contribution in [3.05, 3.63) is 144 Å². The maximum Gasteiger partial charge on any atom is 0.261 e. The van der Waals surface area contributed by atoms with Crippen LogP contribution < -0.4 is 0 Å². The summed E-state index contributed by atoms with van der Waals surface area (Å²) in [6, 6.07) is 42.9. The van der Waals surface area contributed by atoms with Crippen molar-refractivity contribution in [2.75, 3.05) is 6.61 Å². The van der Waals surface area contributed by atoms with Gasteiger partial charge in [-0.05, 0) is 36.1 Å². The maximum absolute atomic E-state index is 6.75. The average Bonchev–Trinajstić information content (AvgIpc) is 3.23. The molecule has 0 radical (unpaired) electrons. The van der Waals surface area contributed by atoms with Crippen molar-refractivity contribution in [2.24, 2.45) is 0 Å². The molecule has 1 unspecified atom stereocenters. The molecule has 3 atom stereocenters. The summed E-state index contributed by atoms with van der Waals surface area (Å²) in [7, 11) is -1.34. The van der Waals surface area contributed by atoms with Gasteiger partial charge in [-0.2, -0.15) is 0 Å². The van der Waals surface area contributed by atoms with Crippen molar-refractivity contribution in [1.29, 1.82) is 0 Å². The predicted molar refractivity (Wildman–Crippen MR) is 139 cm³/mol. The second-order valence-electron chi connectivity index (χ2n) is 8.49. The lowest BCUT2D eigenvalue weighted by Gasteiger charge is -2.46. The smallest absolute Gasteiger partial charge is 0.261 e. The van der Waals surface area contributed by atoms with Gasteiger partial charge in [-0.25, -0.2) is 4.67 Å². The van der Waals surface area contributed by atoms with Gasteiger partial charge in [-0.15, -0.1) is 0 Å². The minimum Gasteiger partial charge on any atom is -0.322 e. The zero-order valence-corrected chi connectivity index (χ0v) is 20.5. The van der Waals surface area contributed by atoms with Gasteiger partial charge in [-0.1, -0.05) is 121 Å². The van der Waals surface area contributed by atoms with Crippen LogP contribution in [0.2, 0.25) is 0 Å². The molecule has 4 aromatic rings. The Labute approximate surface area is 204 Å². The van der Waals surface area contributed by atoms with Crippen LogP contribution in [0.1, 0.15) is 42.2 Å². The normalized spacial score (nSPS) is 20.9. The van der Waals surface area contributed by atoms with E-state index in [1.54, 1.807) is 0 Å². The molecule has 0 spiro atoms. The number of hydrogen-bond acceptors (Lipinski definition) is 3. The van der Waals surface area contributed by atoms with Gasteiger partial charge in [0.15, 0.2) is 0 Å². The molecule has 5 rings (SSSR count). The van der Waals surface area contributed by atoms with Gasteiger partial charge in [0, 0.05) is 6.04 Å². The molecule has 0 saturated carbocycles. The molecule has 0 aliphatic carbocycles. The molecule has 0 bridgehead atoms. The fourth-order valence-electron chi connectivity index (χ4n) is 5.06. The molecule has 0 amide bonds. The monoisotopic (exact) mass is 467 g/mol. The van der Waals surface area contributed by atoms with E-state index in [4.69, 9.17) is 9.05 Å². The van der Waals surface area contributed by atoms with E-state index in [2.05, 4.69) is 133 Å². The van der Waals surface area contributed by atoms with Crippen LogP contribution in [0.15, 0.2) is 121 Å². The van der Waals surface area contributed by atoms with Crippen molar-refractivity contribution < 1.29 is 9.05 Å². The highest BCUT2D eigenvalue weighted by Gasteiger charge is 2.55. The lowest BCUT2D eigenvalue weighted by Crippen LogP contribution is -2.48. The predicted octanol–water partition coefficient (Wildman–Crippen LogP) is 7.70. The molecular weight excluding hydrogens is 437 g/mol. The summed E-state index contributed by atoms with van der Waals surface area (Å²) in [4.78, 5) is 0. The molecule has 0 aromatic heterocycles. The largest absolute Gasteiger partial charge is 0.322 e. The van der Waals surface area contributed by atoms with Gasteiger partial charge in [0.1, 0.15) is 11.6 Å². The van der Waals surface area contributed by atoms with Crippen LogP contribution in [-0.4, -0.2) is 17.3 Å². The maximum atomic E-state index is 6.75. The number of benzene rings is 4. The Bertz CT molecular complexity index is 1070. The standard InChI is InChI=1S/C30H30NO2P/c1-3-32-34-31(24(2)29(33-34)25-16-8-4-9-17-25)30(26-18-10-5-11-19-26,27-20-12-6-13-21-27)28-22-14-7-15-23-28/h4-24,29H,3H2,1-2H3/t24-,29-,34?/m0/s1. The van der Waals surface area contributed by atoms with E-state index in [1.165, 1.54) is 22.3 Å². The quantitative estimate of drug-likeness (QED) is 0.205. The Morgan fingerprint density at radius 3 is 1.53 bits per heavy atom. The number of hydrogen-bond donors (Lipinski definition) is 0. The first-order chi connectivity index (χ1) is 16.8. The van der Waals surface area contributed by atoms with Crippen molar-refractivity contribution in [3.8, 4) is 0 Å². The zero-order chi connectivity index (χ0) is 23.4. The molecule has 1 heterocycles. The lowest BCUT2D eigenvalue weighted by molar-refractivity contribution is 0.177. The highest BCUT2D eigenvalue weighted by Crippen LogP contribution is 2.64. The number of rotatable bonds is 7. The summed E-state index contributed by atoms with van der Waals surface area (Å²) < 4.78 is 15.6.